The predicted octanol–water partition coefficient (Wildman–Crippen LogP) is 0.693. The van der Waals surface area contributed by atoms with Crippen molar-refractivity contribution in [3.8, 4) is 0 Å². The lowest BCUT2D eigenvalue weighted by molar-refractivity contribution is -0.138. The van der Waals surface area contributed by atoms with Gasteiger partial charge in [-0.15, -0.1) is 0 Å². The first-order chi connectivity index (χ1) is 10.8. The fraction of sp³-hybridized carbons (Fsp3) is 0.333. The summed E-state index contributed by atoms with van der Waals surface area (Å²) >= 11 is 0. The summed E-state index contributed by atoms with van der Waals surface area (Å²) in [6.07, 6.45) is 3.25. The van der Waals surface area contributed by atoms with E-state index >= 15 is 0 Å². The van der Waals surface area contributed by atoms with Crippen LogP contribution in [-0.2, 0) is 26.0 Å². The van der Waals surface area contributed by atoms with Gasteiger partial charge in [-0.3, -0.25) is 18.8 Å². The average Bonchev–Trinajstić information content (AvgIpc) is 3.01. The van der Waals surface area contributed by atoms with Gasteiger partial charge < -0.3 is 5.32 Å². The van der Waals surface area contributed by atoms with E-state index in [2.05, 4.69) is 5.32 Å². The molecule has 0 bridgehead atoms. The van der Waals surface area contributed by atoms with Crippen LogP contribution in [-0.4, -0.2) is 44.5 Å². The first-order valence-electron chi connectivity index (χ1n) is 7.16. The third kappa shape index (κ3) is 2.94. The zero-order valence-electron chi connectivity index (χ0n) is 12.9. The molecule has 0 unspecified atom stereocenters. The summed E-state index contributed by atoms with van der Waals surface area (Å²) in [5.74, 6) is -0.654. The number of carbonyl (C=O) groups is 2. The Kier molecular flexibility index (Phi) is 3.63. The molecule has 0 saturated heterocycles. The van der Waals surface area contributed by atoms with E-state index in [-0.39, 0.29) is 18.4 Å². The van der Waals surface area contributed by atoms with Gasteiger partial charge in [-0.1, -0.05) is 6.07 Å². The molecule has 3 rings (SSSR count). The molecule has 1 N–H and O–H groups in total. The Morgan fingerprint density at radius 2 is 2.04 bits per heavy atom. The van der Waals surface area contributed by atoms with E-state index in [1.165, 1.54) is 23.6 Å². The first kappa shape index (κ1) is 15.5. The van der Waals surface area contributed by atoms with Gasteiger partial charge in [0.05, 0.1) is 18.5 Å². The quantitative estimate of drug-likeness (QED) is 0.878. The van der Waals surface area contributed by atoms with E-state index in [0.717, 1.165) is 10.5 Å². The van der Waals surface area contributed by atoms with Crippen LogP contribution in [0.25, 0.3) is 0 Å². The summed E-state index contributed by atoms with van der Waals surface area (Å²) in [5.41, 5.74) is 2.92. The van der Waals surface area contributed by atoms with Gasteiger partial charge in [0.15, 0.2) is 0 Å². The third-order valence-corrected chi connectivity index (χ3v) is 5.10. The van der Waals surface area contributed by atoms with Crippen LogP contribution in [0.15, 0.2) is 30.0 Å². The monoisotopic (exact) mass is 335 g/mol. The Morgan fingerprint density at radius 1 is 1.30 bits per heavy atom. The molecule has 0 aromatic heterocycles. The molecule has 1 aromatic rings. The number of rotatable bonds is 3. The number of nitrogens with one attached hydrogen (secondary N) is 1. The topological polar surface area (TPSA) is 86.8 Å². The Morgan fingerprint density at radius 3 is 2.65 bits per heavy atom. The molecule has 2 amide bonds. The highest BCUT2D eigenvalue weighted by Crippen LogP contribution is 2.33. The second-order valence-electron chi connectivity index (χ2n) is 5.67. The highest BCUT2D eigenvalue weighted by atomic mass is 32.2. The minimum absolute atomic E-state index is 0.195. The van der Waals surface area contributed by atoms with Gasteiger partial charge in [-0.05, 0) is 24.1 Å². The van der Waals surface area contributed by atoms with Crippen molar-refractivity contribution >= 4 is 33.2 Å². The van der Waals surface area contributed by atoms with Crippen molar-refractivity contribution < 1.29 is 18.0 Å². The van der Waals surface area contributed by atoms with Gasteiger partial charge in [0.1, 0.15) is 0 Å². The minimum atomic E-state index is -3.30. The van der Waals surface area contributed by atoms with Crippen LogP contribution in [0.4, 0.5) is 11.4 Å². The fourth-order valence-electron chi connectivity index (χ4n) is 2.82. The van der Waals surface area contributed by atoms with Crippen molar-refractivity contribution in [2.75, 3.05) is 29.0 Å². The lowest BCUT2D eigenvalue weighted by Crippen LogP contribution is -2.31. The zero-order chi connectivity index (χ0) is 16.8. The first-order valence-corrected chi connectivity index (χ1v) is 9.01. The summed E-state index contributed by atoms with van der Waals surface area (Å²) in [6.45, 7) is 1.98. The number of imide groups is 1. The Labute approximate surface area is 134 Å². The molecule has 2 aliphatic heterocycles. The van der Waals surface area contributed by atoms with Crippen molar-refractivity contribution in [2.24, 2.45) is 0 Å². The van der Waals surface area contributed by atoms with Gasteiger partial charge >= 0.3 is 0 Å². The van der Waals surface area contributed by atoms with Gasteiger partial charge in [0, 0.05) is 30.9 Å². The molecule has 0 saturated carbocycles. The van der Waals surface area contributed by atoms with E-state index in [0.29, 0.717) is 30.0 Å². The van der Waals surface area contributed by atoms with Crippen LogP contribution in [0.2, 0.25) is 0 Å². The molecular weight excluding hydrogens is 318 g/mol. The third-order valence-electron chi connectivity index (χ3n) is 3.92. The summed E-state index contributed by atoms with van der Waals surface area (Å²) in [5, 5.41) is 3.08. The zero-order valence-corrected chi connectivity index (χ0v) is 13.7. The molecule has 122 valence electrons. The summed E-state index contributed by atoms with van der Waals surface area (Å²) < 4.78 is 25.0. The molecule has 2 aliphatic rings. The summed E-state index contributed by atoms with van der Waals surface area (Å²) in [6, 6.07) is 5.47. The smallest absolute Gasteiger partial charge is 0.255 e. The van der Waals surface area contributed by atoms with Gasteiger partial charge in [-0.25, -0.2) is 8.42 Å². The van der Waals surface area contributed by atoms with Crippen LogP contribution >= 0.6 is 0 Å². The average molecular weight is 335 g/mol. The predicted molar refractivity (Wildman–Crippen MR) is 86.4 cm³/mol. The normalized spacial score (nSPS) is 17.3. The van der Waals surface area contributed by atoms with Crippen molar-refractivity contribution in [3.63, 3.8) is 0 Å². The molecule has 7 nitrogen and oxygen atoms in total. The second-order valence-corrected chi connectivity index (χ2v) is 7.57. The molecule has 0 radical (unpaired) electrons. The van der Waals surface area contributed by atoms with Crippen LogP contribution in [0.3, 0.4) is 0 Å². The van der Waals surface area contributed by atoms with Crippen LogP contribution in [0.5, 0.6) is 0 Å². The largest absolute Gasteiger partial charge is 0.357 e. The number of hydrogen-bond acceptors (Lipinski definition) is 5. The molecular formula is C15H17N3O4S. The van der Waals surface area contributed by atoms with Gasteiger partial charge in [0.25, 0.3) is 5.91 Å². The molecule has 0 spiro atoms. The molecule has 1 aromatic carbocycles. The fourth-order valence-corrected chi connectivity index (χ4v) is 3.77. The van der Waals surface area contributed by atoms with Crippen molar-refractivity contribution in [2.45, 2.75) is 13.3 Å². The van der Waals surface area contributed by atoms with Gasteiger partial charge in [-0.2, -0.15) is 0 Å². The van der Waals surface area contributed by atoms with E-state index in [1.807, 2.05) is 12.1 Å². The SMILES string of the molecule is CC(=O)N1CC(Nc2ccc3c(c2)N(S(C)(=O)=O)CC3)=CC1=O. The lowest BCUT2D eigenvalue weighted by Gasteiger charge is -2.18. The molecule has 0 aliphatic carbocycles. The maximum absolute atomic E-state index is 11.8. The maximum Gasteiger partial charge on any atom is 0.255 e. The van der Waals surface area contributed by atoms with Crippen LogP contribution < -0.4 is 9.62 Å². The van der Waals surface area contributed by atoms with E-state index < -0.39 is 10.0 Å². The number of sulfonamides is 1. The Bertz CT molecular complexity index is 829. The maximum atomic E-state index is 11.8. The summed E-state index contributed by atoms with van der Waals surface area (Å²) in [4.78, 5) is 24.2. The van der Waals surface area contributed by atoms with Gasteiger partial charge in [0.2, 0.25) is 15.9 Å². The number of amides is 2. The second kappa shape index (κ2) is 5.38. The lowest BCUT2D eigenvalue weighted by atomic mass is 10.1. The number of anilines is 2. The molecule has 0 fully saturated rings. The molecule has 23 heavy (non-hydrogen) atoms. The van der Waals surface area contributed by atoms with Crippen LogP contribution in [0.1, 0.15) is 12.5 Å². The Balaban J connectivity index is 1.83. The Hall–Kier alpha value is -2.35. The number of hydrogen-bond donors (Lipinski definition) is 1. The molecule has 8 heteroatoms. The van der Waals surface area contributed by atoms with E-state index in [4.69, 9.17) is 0 Å². The van der Waals surface area contributed by atoms with Crippen molar-refractivity contribution in [1.29, 1.82) is 0 Å². The highest BCUT2D eigenvalue weighted by molar-refractivity contribution is 7.92. The van der Waals surface area contributed by atoms with E-state index in [1.54, 1.807) is 6.07 Å². The molecule has 0 atom stereocenters. The number of fused-ring (bicyclic) bond motifs is 1. The van der Waals surface area contributed by atoms with Crippen molar-refractivity contribution in [3.05, 3.63) is 35.5 Å². The number of benzene rings is 1. The minimum Gasteiger partial charge on any atom is -0.357 e. The summed E-state index contributed by atoms with van der Waals surface area (Å²) in [7, 11) is -3.30. The number of carbonyl (C=O) groups excluding carboxylic acids is 2. The van der Waals surface area contributed by atoms with Crippen molar-refractivity contribution in [1.82, 2.24) is 4.90 Å². The highest BCUT2D eigenvalue weighted by Gasteiger charge is 2.27. The standard InChI is InChI=1S/C15H17N3O4S/c1-10(19)17-9-13(8-15(17)20)16-12-4-3-11-5-6-18(14(11)7-12)23(2,21)22/h3-4,7-8,16H,5-6,9H2,1-2H3. The van der Waals surface area contributed by atoms with E-state index in [9.17, 15) is 18.0 Å². The number of nitrogens with zero attached hydrogens (tertiary/aromatic N) is 2. The van der Waals surface area contributed by atoms with Crippen LogP contribution in [0, 0.1) is 0 Å². The molecule has 2 heterocycles.